The minimum atomic E-state index is -0.483. The molecule has 0 radical (unpaired) electrons. The third kappa shape index (κ3) is 5.25. The highest BCUT2D eigenvalue weighted by atomic mass is 35.5. The van der Waals surface area contributed by atoms with Crippen LogP contribution in [0, 0.1) is 11.3 Å². The van der Waals surface area contributed by atoms with Crippen molar-refractivity contribution in [3.8, 4) is 0 Å². The molecule has 23 heavy (non-hydrogen) atoms. The van der Waals surface area contributed by atoms with Gasteiger partial charge in [-0.1, -0.05) is 23.8 Å². The van der Waals surface area contributed by atoms with Crippen LogP contribution < -0.4 is 11.1 Å². The fraction of sp³-hybridized carbons (Fsp3) is 0.722. The van der Waals surface area contributed by atoms with Crippen LogP contribution in [-0.2, 0) is 4.74 Å². The molecule has 2 rings (SSSR count). The van der Waals surface area contributed by atoms with Gasteiger partial charge in [0.1, 0.15) is 5.60 Å². The molecule has 5 heteroatoms. The van der Waals surface area contributed by atoms with Crippen LogP contribution in [0.2, 0.25) is 0 Å². The second-order valence-electron chi connectivity index (χ2n) is 7.86. The monoisotopic (exact) mass is 340 g/mol. The van der Waals surface area contributed by atoms with Crippen molar-refractivity contribution in [2.75, 3.05) is 6.54 Å². The number of ether oxygens (including phenoxy) is 1. The maximum atomic E-state index is 12.0. The van der Waals surface area contributed by atoms with E-state index < -0.39 is 5.60 Å². The van der Waals surface area contributed by atoms with Gasteiger partial charge in [-0.25, -0.2) is 4.79 Å². The van der Waals surface area contributed by atoms with Gasteiger partial charge < -0.3 is 15.8 Å². The summed E-state index contributed by atoms with van der Waals surface area (Å²) in [6.45, 7) is 6.22. The fourth-order valence-corrected chi connectivity index (χ4v) is 3.76. The summed E-state index contributed by atoms with van der Waals surface area (Å²) in [5.41, 5.74) is 5.61. The molecule has 0 bridgehead atoms. The van der Waals surface area contributed by atoms with E-state index in [-0.39, 0.29) is 17.6 Å². The molecule has 0 aliphatic heterocycles. The Labute approximate surface area is 144 Å². The van der Waals surface area contributed by atoms with Crippen molar-refractivity contribution in [1.82, 2.24) is 5.32 Å². The summed E-state index contributed by atoms with van der Waals surface area (Å²) in [6.07, 6.45) is 10.7. The Hall–Kier alpha value is -1.00. The molecule has 1 atom stereocenters. The van der Waals surface area contributed by atoms with E-state index in [9.17, 15) is 4.79 Å². The highest BCUT2D eigenvalue weighted by Gasteiger charge is 2.41. The zero-order valence-corrected chi connectivity index (χ0v) is 15.2. The zero-order chi connectivity index (χ0) is 17.1. The number of amides is 1. The number of alkyl carbamates (subject to hydrolysis) is 1. The number of halogens is 1. The third-order valence-electron chi connectivity index (χ3n) is 4.83. The molecule has 3 N–H and O–H groups in total. The molecular weight excluding hydrogens is 312 g/mol. The van der Waals surface area contributed by atoms with Crippen LogP contribution in [0.1, 0.15) is 52.9 Å². The molecule has 0 aromatic rings. The van der Waals surface area contributed by atoms with Gasteiger partial charge in [0.25, 0.3) is 0 Å². The van der Waals surface area contributed by atoms with Crippen molar-refractivity contribution >= 4 is 17.7 Å². The van der Waals surface area contributed by atoms with Gasteiger partial charge in [0.2, 0.25) is 0 Å². The van der Waals surface area contributed by atoms with E-state index in [0.717, 1.165) is 37.1 Å². The van der Waals surface area contributed by atoms with Crippen molar-refractivity contribution in [2.24, 2.45) is 17.1 Å². The van der Waals surface area contributed by atoms with Crippen LogP contribution >= 0.6 is 11.6 Å². The molecule has 0 aromatic heterocycles. The highest BCUT2D eigenvalue weighted by molar-refractivity contribution is 6.29. The van der Waals surface area contributed by atoms with Crippen LogP contribution in [-0.4, -0.2) is 24.3 Å². The lowest BCUT2D eigenvalue weighted by atomic mass is 9.63. The average molecular weight is 341 g/mol. The second-order valence-corrected chi connectivity index (χ2v) is 8.35. The van der Waals surface area contributed by atoms with E-state index in [1.807, 2.05) is 32.9 Å². The van der Waals surface area contributed by atoms with Gasteiger partial charge >= 0.3 is 6.09 Å². The van der Waals surface area contributed by atoms with E-state index in [1.165, 1.54) is 0 Å². The minimum Gasteiger partial charge on any atom is -0.444 e. The Bertz CT molecular complexity index is 486. The largest absolute Gasteiger partial charge is 0.444 e. The van der Waals surface area contributed by atoms with Crippen molar-refractivity contribution in [1.29, 1.82) is 0 Å². The molecule has 2 aliphatic carbocycles. The quantitative estimate of drug-likeness (QED) is 0.813. The topological polar surface area (TPSA) is 64.3 Å². The van der Waals surface area contributed by atoms with E-state index in [4.69, 9.17) is 22.1 Å². The van der Waals surface area contributed by atoms with Gasteiger partial charge in [0.15, 0.2) is 0 Å². The summed E-state index contributed by atoms with van der Waals surface area (Å²) < 4.78 is 5.37. The highest BCUT2D eigenvalue weighted by Crippen LogP contribution is 2.46. The normalized spacial score (nSPS) is 31.4. The van der Waals surface area contributed by atoms with E-state index in [2.05, 4.69) is 11.4 Å². The van der Waals surface area contributed by atoms with Crippen LogP contribution in [0.15, 0.2) is 23.3 Å². The summed E-state index contributed by atoms with van der Waals surface area (Å²) in [5, 5.41) is 3.86. The zero-order valence-electron chi connectivity index (χ0n) is 14.4. The number of carbonyl (C=O) groups is 1. The van der Waals surface area contributed by atoms with Crippen LogP contribution in [0.3, 0.4) is 0 Å². The van der Waals surface area contributed by atoms with Crippen molar-refractivity contribution in [3.05, 3.63) is 23.3 Å². The molecule has 0 aromatic carbocycles. The van der Waals surface area contributed by atoms with Crippen molar-refractivity contribution < 1.29 is 9.53 Å². The molecule has 130 valence electrons. The summed E-state index contributed by atoms with van der Waals surface area (Å²) in [7, 11) is 0. The molecule has 1 unspecified atom stereocenters. The van der Waals surface area contributed by atoms with Crippen LogP contribution in [0.4, 0.5) is 4.79 Å². The third-order valence-corrected chi connectivity index (χ3v) is 5.11. The van der Waals surface area contributed by atoms with E-state index >= 15 is 0 Å². The van der Waals surface area contributed by atoms with Crippen molar-refractivity contribution in [2.45, 2.75) is 64.5 Å². The van der Waals surface area contributed by atoms with Gasteiger partial charge in [0.05, 0.1) is 0 Å². The Morgan fingerprint density at radius 2 is 2.09 bits per heavy atom. The molecular formula is C18H29ClN2O2. The van der Waals surface area contributed by atoms with Crippen molar-refractivity contribution in [3.63, 3.8) is 0 Å². The summed E-state index contributed by atoms with van der Waals surface area (Å²) >= 11 is 6.24. The number of carbonyl (C=O) groups excluding carboxylic acids is 1. The Kier molecular flexibility index (Phi) is 5.79. The van der Waals surface area contributed by atoms with E-state index in [1.54, 1.807) is 0 Å². The number of rotatable bonds is 3. The molecule has 0 saturated heterocycles. The Balaban J connectivity index is 2.04. The second kappa shape index (κ2) is 7.27. The smallest absolute Gasteiger partial charge is 0.407 e. The molecule has 0 heterocycles. The molecule has 1 saturated carbocycles. The molecule has 1 amide bonds. The van der Waals surface area contributed by atoms with Crippen LogP contribution in [0.25, 0.3) is 0 Å². The molecule has 1 fully saturated rings. The lowest BCUT2D eigenvalue weighted by Gasteiger charge is -2.45. The van der Waals surface area contributed by atoms with Gasteiger partial charge in [-0.05, 0) is 70.3 Å². The standard InChI is InChI=1S/C18H29ClN2O2/c1-17(2,3)23-16(22)21-12-18(9-7-15(20)8-10-18)13-5-4-6-14(19)11-13/h4-6,13,15H,7-12,20H2,1-3H3,(H,21,22). The molecule has 4 nitrogen and oxygen atoms in total. The predicted molar refractivity (Wildman–Crippen MR) is 94.3 cm³/mol. The first-order valence-electron chi connectivity index (χ1n) is 8.45. The van der Waals surface area contributed by atoms with Gasteiger partial charge in [-0.2, -0.15) is 0 Å². The number of hydrogen-bond donors (Lipinski definition) is 2. The maximum absolute atomic E-state index is 12.0. The number of hydrogen-bond acceptors (Lipinski definition) is 3. The minimum absolute atomic E-state index is 0.0116. The van der Waals surface area contributed by atoms with Gasteiger partial charge in [-0.15, -0.1) is 0 Å². The van der Waals surface area contributed by atoms with E-state index in [0.29, 0.717) is 12.5 Å². The first kappa shape index (κ1) is 18.3. The molecule has 0 spiro atoms. The number of nitrogens with one attached hydrogen (secondary N) is 1. The Morgan fingerprint density at radius 3 is 2.65 bits per heavy atom. The summed E-state index contributed by atoms with van der Waals surface area (Å²) in [5.74, 6) is 0.336. The SMILES string of the molecule is CC(C)(C)OC(=O)NCC1(C2C=CC=C(Cl)C2)CCC(N)CC1. The summed E-state index contributed by atoms with van der Waals surface area (Å²) in [6, 6.07) is 0.267. The maximum Gasteiger partial charge on any atom is 0.407 e. The first-order valence-corrected chi connectivity index (χ1v) is 8.83. The predicted octanol–water partition coefficient (Wildman–Crippen LogP) is 4.10. The fourth-order valence-electron chi connectivity index (χ4n) is 3.52. The lowest BCUT2D eigenvalue weighted by molar-refractivity contribution is 0.0441. The number of nitrogens with two attached hydrogens (primary N) is 1. The van der Waals surface area contributed by atoms with Gasteiger partial charge in [-0.3, -0.25) is 0 Å². The summed E-state index contributed by atoms with van der Waals surface area (Å²) in [4.78, 5) is 12.0. The van der Waals surface area contributed by atoms with Crippen LogP contribution in [0.5, 0.6) is 0 Å². The first-order chi connectivity index (χ1) is 10.7. The number of allylic oxidation sites excluding steroid dienone is 4. The van der Waals surface area contributed by atoms with Gasteiger partial charge in [0, 0.05) is 17.6 Å². The average Bonchev–Trinajstić information content (AvgIpc) is 2.45. The molecule has 2 aliphatic rings. The lowest BCUT2D eigenvalue weighted by Crippen LogP contribution is -2.47. The Morgan fingerprint density at radius 1 is 1.43 bits per heavy atom.